The highest BCUT2D eigenvalue weighted by atomic mass is 19.4. The molecule has 1 aromatic carbocycles. The van der Waals surface area contributed by atoms with E-state index in [1.807, 2.05) is 0 Å². The van der Waals surface area contributed by atoms with Gasteiger partial charge in [-0.25, -0.2) is 0 Å². The van der Waals surface area contributed by atoms with Crippen molar-refractivity contribution < 1.29 is 23.1 Å². The van der Waals surface area contributed by atoms with E-state index in [9.17, 15) is 23.1 Å². The van der Waals surface area contributed by atoms with Crippen LogP contribution in [0.15, 0.2) is 24.3 Å². The standard InChI is InChI=1S/C16H20F3NO2/c17-16(18,19)13-7-4-11(5-8-13)6-9-15(22)20-10-12-2-1-3-14(12)21/h4-5,7-8,12,14,21H,1-3,6,9-10H2,(H,20,22). The van der Waals surface area contributed by atoms with Crippen LogP contribution in [0.5, 0.6) is 0 Å². The van der Waals surface area contributed by atoms with Gasteiger partial charge < -0.3 is 10.4 Å². The zero-order chi connectivity index (χ0) is 16.2. The molecule has 0 aliphatic heterocycles. The van der Waals surface area contributed by atoms with Crippen LogP contribution in [0.1, 0.15) is 36.8 Å². The van der Waals surface area contributed by atoms with E-state index in [1.165, 1.54) is 12.1 Å². The van der Waals surface area contributed by atoms with Gasteiger partial charge in [0.05, 0.1) is 11.7 Å². The van der Waals surface area contributed by atoms with Crippen molar-refractivity contribution in [3.8, 4) is 0 Å². The SMILES string of the molecule is O=C(CCc1ccc(C(F)(F)F)cc1)NCC1CCCC1O. The van der Waals surface area contributed by atoms with Crippen LogP contribution >= 0.6 is 0 Å². The molecular formula is C16H20F3NO2. The van der Waals surface area contributed by atoms with Crippen LogP contribution in [0.25, 0.3) is 0 Å². The molecule has 122 valence electrons. The Balaban J connectivity index is 1.74. The Morgan fingerprint density at radius 1 is 1.23 bits per heavy atom. The molecule has 0 spiro atoms. The van der Waals surface area contributed by atoms with Gasteiger partial charge in [-0.15, -0.1) is 0 Å². The van der Waals surface area contributed by atoms with Gasteiger partial charge in [0, 0.05) is 18.9 Å². The first-order valence-electron chi connectivity index (χ1n) is 7.47. The number of carbonyl (C=O) groups is 1. The Labute approximate surface area is 127 Å². The number of halogens is 3. The summed E-state index contributed by atoms with van der Waals surface area (Å²) in [6.07, 6.45) is -1.36. The maximum absolute atomic E-state index is 12.4. The summed E-state index contributed by atoms with van der Waals surface area (Å²) in [6.45, 7) is 0.465. The monoisotopic (exact) mass is 315 g/mol. The van der Waals surface area contributed by atoms with Crippen LogP contribution in [0.2, 0.25) is 0 Å². The van der Waals surface area contributed by atoms with Gasteiger partial charge in [0.2, 0.25) is 5.91 Å². The van der Waals surface area contributed by atoms with Crippen LogP contribution < -0.4 is 5.32 Å². The van der Waals surface area contributed by atoms with E-state index >= 15 is 0 Å². The van der Waals surface area contributed by atoms with Crippen LogP contribution in [-0.4, -0.2) is 23.7 Å². The van der Waals surface area contributed by atoms with Crippen molar-refractivity contribution in [3.63, 3.8) is 0 Å². The molecule has 0 saturated heterocycles. The summed E-state index contributed by atoms with van der Waals surface area (Å²) in [7, 11) is 0. The number of benzene rings is 1. The van der Waals surface area contributed by atoms with Crippen LogP contribution in [0.4, 0.5) is 13.2 Å². The Hall–Kier alpha value is -1.56. The van der Waals surface area contributed by atoms with Gasteiger partial charge in [0.15, 0.2) is 0 Å². The van der Waals surface area contributed by atoms with Gasteiger partial charge in [-0.1, -0.05) is 18.6 Å². The molecule has 2 N–H and O–H groups in total. The molecule has 1 saturated carbocycles. The summed E-state index contributed by atoms with van der Waals surface area (Å²) in [6, 6.07) is 4.86. The van der Waals surface area contributed by atoms with E-state index < -0.39 is 11.7 Å². The minimum atomic E-state index is -4.34. The number of hydrogen-bond donors (Lipinski definition) is 2. The molecule has 1 aliphatic carbocycles. The summed E-state index contributed by atoms with van der Waals surface area (Å²) in [4.78, 5) is 11.7. The van der Waals surface area contributed by atoms with Crippen molar-refractivity contribution in [2.45, 2.75) is 44.4 Å². The van der Waals surface area contributed by atoms with Gasteiger partial charge in [0.1, 0.15) is 0 Å². The maximum Gasteiger partial charge on any atom is 0.416 e. The Morgan fingerprint density at radius 2 is 1.91 bits per heavy atom. The molecule has 1 aliphatic rings. The molecule has 0 heterocycles. The highest BCUT2D eigenvalue weighted by molar-refractivity contribution is 5.76. The van der Waals surface area contributed by atoms with Crippen molar-refractivity contribution >= 4 is 5.91 Å². The van der Waals surface area contributed by atoms with Crippen LogP contribution in [-0.2, 0) is 17.4 Å². The topological polar surface area (TPSA) is 49.3 Å². The van der Waals surface area contributed by atoms with Gasteiger partial charge in [-0.3, -0.25) is 4.79 Å². The van der Waals surface area contributed by atoms with Crippen molar-refractivity contribution in [3.05, 3.63) is 35.4 Å². The van der Waals surface area contributed by atoms with E-state index in [0.717, 1.165) is 31.4 Å². The molecule has 1 amide bonds. The molecule has 6 heteroatoms. The van der Waals surface area contributed by atoms with Gasteiger partial charge in [-0.2, -0.15) is 13.2 Å². The van der Waals surface area contributed by atoms with E-state index in [-0.39, 0.29) is 24.3 Å². The van der Waals surface area contributed by atoms with E-state index in [2.05, 4.69) is 5.32 Å². The lowest BCUT2D eigenvalue weighted by molar-refractivity contribution is -0.137. The van der Waals surface area contributed by atoms with Crippen molar-refractivity contribution in [1.82, 2.24) is 5.32 Å². The largest absolute Gasteiger partial charge is 0.416 e. The molecule has 1 fully saturated rings. The summed E-state index contributed by atoms with van der Waals surface area (Å²) in [5, 5.41) is 12.4. The van der Waals surface area contributed by atoms with Crippen LogP contribution in [0.3, 0.4) is 0 Å². The average Bonchev–Trinajstić information content (AvgIpc) is 2.88. The molecule has 1 aromatic rings. The Morgan fingerprint density at radius 3 is 2.45 bits per heavy atom. The second-order valence-corrected chi connectivity index (χ2v) is 5.76. The van der Waals surface area contributed by atoms with E-state index in [1.54, 1.807) is 0 Å². The van der Waals surface area contributed by atoms with Crippen molar-refractivity contribution in [2.24, 2.45) is 5.92 Å². The first-order chi connectivity index (χ1) is 10.4. The summed E-state index contributed by atoms with van der Waals surface area (Å²) >= 11 is 0. The Bertz CT molecular complexity index is 499. The number of aliphatic hydroxyl groups excluding tert-OH is 1. The second kappa shape index (κ2) is 7.13. The van der Waals surface area contributed by atoms with E-state index in [4.69, 9.17) is 0 Å². The molecule has 22 heavy (non-hydrogen) atoms. The third-order valence-corrected chi connectivity index (χ3v) is 4.10. The van der Waals surface area contributed by atoms with E-state index in [0.29, 0.717) is 18.5 Å². The zero-order valence-corrected chi connectivity index (χ0v) is 12.2. The number of rotatable bonds is 5. The van der Waals surface area contributed by atoms with Gasteiger partial charge in [-0.05, 0) is 37.0 Å². The average molecular weight is 315 g/mol. The molecule has 2 atom stereocenters. The molecule has 2 unspecified atom stereocenters. The Kier molecular flexibility index (Phi) is 5.45. The predicted octanol–water partition coefficient (Wildman–Crippen LogP) is 2.92. The lowest BCUT2D eigenvalue weighted by Gasteiger charge is -2.15. The molecule has 0 radical (unpaired) electrons. The first kappa shape index (κ1) is 16.8. The smallest absolute Gasteiger partial charge is 0.393 e. The summed E-state index contributed by atoms with van der Waals surface area (Å²) in [5.41, 5.74) is 0.0139. The second-order valence-electron chi connectivity index (χ2n) is 5.76. The molecule has 2 rings (SSSR count). The minimum absolute atomic E-state index is 0.120. The predicted molar refractivity (Wildman–Crippen MR) is 76.1 cm³/mol. The number of amides is 1. The first-order valence-corrected chi connectivity index (χ1v) is 7.47. The van der Waals surface area contributed by atoms with Gasteiger partial charge >= 0.3 is 6.18 Å². The quantitative estimate of drug-likeness (QED) is 0.878. The number of nitrogens with one attached hydrogen (secondary N) is 1. The number of aryl methyl sites for hydroxylation is 1. The van der Waals surface area contributed by atoms with Gasteiger partial charge in [0.25, 0.3) is 0 Å². The van der Waals surface area contributed by atoms with Crippen molar-refractivity contribution in [2.75, 3.05) is 6.54 Å². The lowest BCUT2D eigenvalue weighted by atomic mass is 10.1. The highest BCUT2D eigenvalue weighted by Crippen LogP contribution is 2.29. The normalized spacial score (nSPS) is 21.8. The van der Waals surface area contributed by atoms with Crippen molar-refractivity contribution in [1.29, 1.82) is 0 Å². The number of hydrogen-bond acceptors (Lipinski definition) is 2. The fraction of sp³-hybridized carbons (Fsp3) is 0.562. The molecule has 0 bridgehead atoms. The number of alkyl halides is 3. The highest BCUT2D eigenvalue weighted by Gasteiger charge is 2.30. The number of carbonyl (C=O) groups excluding carboxylic acids is 1. The molecule has 0 aromatic heterocycles. The minimum Gasteiger partial charge on any atom is -0.393 e. The third-order valence-electron chi connectivity index (χ3n) is 4.10. The molecule has 3 nitrogen and oxygen atoms in total. The third kappa shape index (κ3) is 4.73. The fourth-order valence-electron chi connectivity index (χ4n) is 2.71. The summed E-state index contributed by atoms with van der Waals surface area (Å²) < 4.78 is 37.3. The number of aliphatic hydroxyl groups is 1. The molecular weight excluding hydrogens is 295 g/mol. The van der Waals surface area contributed by atoms with Crippen LogP contribution in [0, 0.1) is 5.92 Å². The maximum atomic E-state index is 12.4. The fourth-order valence-corrected chi connectivity index (χ4v) is 2.71. The summed E-state index contributed by atoms with van der Waals surface area (Å²) in [5.74, 6) is -0.0194. The lowest BCUT2D eigenvalue weighted by Crippen LogP contribution is -2.32. The zero-order valence-electron chi connectivity index (χ0n) is 12.2.